The molecular formula is C26H20N2O4. The van der Waals surface area contributed by atoms with Gasteiger partial charge in [0.15, 0.2) is 5.76 Å². The zero-order chi connectivity index (χ0) is 22.0. The highest BCUT2D eigenvalue weighted by Crippen LogP contribution is 2.49. The quantitative estimate of drug-likeness (QED) is 0.472. The molecule has 6 nitrogen and oxygen atoms in total. The number of fused-ring (bicyclic) bond motifs is 5. The van der Waals surface area contributed by atoms with Crippen LogP contribution in [0.4, 0.5) is 11.4 Å². The Morgan fingerprint density at radius 3 is 2.41 bits per heavy atom. The van der Waals surface area contributed by atoms with Crippen molar-refractivity contribution in [2.45, 2.75) is 19.0 Å². The van der Waals surface area contributed by atoms with E-state index >= 15 is 0 Å². The standard InChI is InChI=1S/C26H20N2O4/c1-15-8-11-17(12-9-15)27-25(30)21-19-13-10-16-5-2-3-6-18(16)28(19)23(22(21)26(27)31)24(29)20-7-4-14-32-20/h2-14,19,21-23H,1H3. The molecule has 0 spiro atoms. The van der Waals surface area contributed by atoms with Gasteiger partial charge in [-0.05, 0) is 42.8 Å². The van der Waals surface area contributed by atoms with Crippen molar-refractivity contribution in [1.82, 2.24) is 0 Å². The molecule has 1 aromatic heterocycles. The van der Waals surface area contributed by atoms with Gasteiger partial charge in [0.1, 0.15) is 6.04 Å². The number of imide groups is 1. The van der Waals surface area contributed by atoms with Crippen LogP contribution in [-0.4, -0.2) is 29.7 Å². The molecule has 4 heterocycles. The maximum atomic E-state index is 13.7. The van der Waals surface area contributed by atoms with E-state index < -0.39 is 17.9 Å². The van der Waals surface area contributed by atoms with Crippen LogP contribution in [0.25, 0.3) is 6.08 Å². The summed E-state index contributed by atoms with van der Waals surface area (Å²) in [5.41, 5.74) is 3.38. The maximum Gasteiger partial charge on any atom is 0.240 e. The lowest BCUT2D eigenvalue weighted by molar-refractivity contribution is -0.122. The maximum absolute atomic E-state index is 13.7. The summed E-state index contributed by atoms with van der Waals surface area (Å²) in [7, 11) is 0. The molecule has 3 aliphatic rings. The first kappa shape index (κ1) is 18.8. The van der Waals surface area contributed by atoms with E-state index in [4.69, 9.17) is 4.42 Å². The number of hydrogen-bond donors (Lipinski definition) is 0. The predicted octanol–water partition coefficient (Wildman–Crippen LogP) is 3.86. The first-order valence-corrected chi connectivity index (χ1v) is 10.6. The van der Waals surface area contributed by atoms with Crippen molar-refractivity contribution in [2.24, 2.45) is 11.8 Å². The normalized spacial score (nSPS) is 25.7. The second-order valence-corrected chi connectivity index (χ2v) is 8.50. The number of carbonyl (C=O) groups excluding carboxylic acids is 3. The van der Waals surface area contributed by atoms with Crippen LogP contribution in [0.1, 0.15) is 21.7 Å². The van der Waals surface area contributed by atoms with E-state index in [1.165, 1.54) is 11.2 Å². The number of benzene rings is 2. The van der Waals surface area contributed by atoms with E-state index in [2.05, 4.69) is 0 Å². The smallest absolute Gasteiger partial charge is 0.240 e. The second kappa shape index (κ2) is 6.79. The van der Waals surface area contributed by atoms with Crippen LogP contribution >= 0.6 is 0 Å². The molecule has 3 aromatic rings. The van der Waals surface area contributed by atoms with E-state index in [9.17, 15) is 14.4 Å². The lowest BCUT2D eigenvalue weighted by Gasteiger charge is -2.36. The van der Waals surface area contributed by atoms with Gasteiger partial charge in [0.25, 0.3) is 0 Å². The largest absolute Gasteiger partial charge is 0.461 e. The number of amides is 2. The minimum Gasteiger partial charge on any atom is -0.461 e. The summed E-state index contributed by atoms with van der Waals surface area (Å²) in [5, 5.41) is 0. The van der Waals surface area contributed by atoms with Gasteiger partial charge in [0, 0.05) is 5.69 Å². The molecule has 6 heteroatoms. The molecule has 2 fully saturated rings. The summed E-state index contributed by atoms with van der Waals surface area (Å²) in [5.74, 6) is -2.13. The van der Waals surface area contributed by atoms with Crippen molar-refractivity contribution in [3.63, 3.8) is 0 Å². The lowest BCUT2D eigenvalue weighted by Crippen LogP contribution is -2.48. The predicted molar refractivity (Wildman–Crippen MR) is 119 cm³/mol. The van der Waals surface area contributed by atoms with Crippen LogP contribution in [0.2, 0.25) is 0 Å². The van der Waals surface area contributed by atoms with Crippen LogP contribution in [0.3, 0.4) is 0 Å². The van der Waals surface area contributed by atoms with Gasteiger partial charge in [-0.1, -0.05) is 48.0 Å². The van der Waals surface area contributed by atoms with Crippen molar-refractivity contribution < 1.29 is 18.8 Å². The summed E-state index contributed by atoms with van der Waals surface area (Å²) in [6, 6.07) is 17.1. The Morgan fingerprint density at radius 2 is 1.66 bits per heavy atom. The Morgan fingerprint density at radius 1 is 0.906 bits per heavy atom. The third kappa shape index (κ3) is 2.49. The van der Waals surface area contributed by atoms with Crippen molar-refractivity contribution in [2.75, 3.05) is 9.80 Å². The third-order valence-electron chi connectivity index (χ3n) is 6.74. The Labute approximate surface area is 184 Å². The fraction of sp³-hybridized carbons (Fsp3) is 0.192. The van der Waals surface area contributed by atoms with Crippen LogP contribution in [0, 0.1) is 18.8 Å². The molecule has 158 valence electrons. The molecule has 6 rings (SSSR count). The molecule has 3 aliphatic heterocycles. The molecule has 0 bridgehead atoms. The van der Waals surface area contributed by atoms with Gasteiger partial charge in [-0.25, -0.2) is 4.90 Å². The summed E-state index contributed by atoms with van der Waals surface area (Å²) in [6.45, 7) is 1.95. The Bertz CT molecular complexity index is 1280. The number of rotatable bonds is 3. The summed E-state index contributed by atoms with van der Waals surface area (Å²) in [6.07, 6.45) is 5.36. The van der Waals surface area contributed by atoms with Gasteiger partial charge in [-0.15, -0.1) is 0 Å². The number of furan rings is 1. The van der Waals surface area contributed by atoms with Gasteiger partial charge < -0.3 is 9.32 Å². The molecule has 0 aliphatic carbocycles. The van der Waals surface area contributed by atoms with E-state index in [0.29, 0.717) is 5.69 Å². The number of para-hydroxylation sites is 1. The number of ketones is 1. The van der Waals surface area contributed by atoms with Crippen LogP contribution < -0.4 is 9.80 Å². The molecular weight excluding hydrogens is 404 g/mol. The Kier molecular flexibility index (Phi) is 3.99. The zero-order valence-corrected chi connectivity index (χ0v) is 17.3. The zero-order valence-electron chi connectivity index (χ0n) is 17.3. The molecule has 2 aromatic carbocycles. The minimum absolute atomic E-state index is 0.190. The molecule has 0 saturated carbocycles. The minimum atomic E-state index is -0.825. The first-order valence-electron chi connectivity index (χ1n) is 10.6. The van der Waals surface area contributed by atoms with E-state index in [0.717, 1.165) is 16.8 Å². The fourth-order valence-electron chi connectivity index (χ4n) is 5.33. The Hall–Kier alpha value is -3.93. The van der Waals surface area contributed by atoms with E-state index in [1.54, 1.807) is 24.3 Å². The monoisotopic (exact) mass is 424 g/mol. The van der Waals surface area contributed by atoms with Gasteiger partial charge in [0.05, 0.1) is 29.8 Å². The number of Topliss-reactive ketones (excluding diaryl/α,β-unsaturated/α-hetero) is 1. The molecule has 32 heavy (non-hydrogen) atoms. The van der Waals surface area contributed by atoms with Crippen molar-refractivity contribution in [3.8, 4) is 0 Å². The van der Waals surface area contributed by atoms with Crippen molar-refractivity contribution in [3.05, 3.63) is 89.9 Å². The average molecular weight is 424 g/mol. The van der Waals surface area contributed by atoms with Gasteiger partial charge in [0.2, 0.25) is 17.6 Å². The van der Waals surface area contributed by atoms with Crippen LogP contribution in [0.15, 0.2) is 77.4 Å². The highest BCUT2D eigenvalue weighted by atomic mass is 16.3. The number of carbonyl (C=O) groups is 3. The summed E-state index contributed by atoms with van der Waals surface area (Å²) >= 11 is 0. The fourth-order valence-corrected chi connectivity index (χ4v) is 5.33. The molecule has 2 amide bonds. The Balaban J connectivity index is 1.50. The molecule has 0 radical (unpaired) electrons. The highest BCUT2D eigenvalue weighted by molar-refractivity contribution is 6.25. The summed E-state index contributed by atoms with van der Waals surface area (Å²) in [4.78, 5) is 44.1. The molecule has 4 unspecified atom stereocenters. The van der Waals surface area contributed by atoms with Crippen LogP contribution in [0.5, 0.6) is 0 Å². The highest BCUT2D eigenvalue weighted by Gasteiger charge is 2.64. The molecule has 4 atom stereocenters. The van der Waals surface area contributed by atoms with Crippen LogP contribution in [-0.2, 0) is 9.59 Å². The second-order valence-electron chi connectivity index (χ2n) is 8.50. The lowest BCUT2D eigenvalue weighted by atomic mass is 9.87. The van der Waals surface area contributed by atoms with E-state index in [1.807, 2.05) is 60.4 Å². The van der Waals surface area contributed by atoms with Crippen molar-refractivity contribution in [1.29, 1.82) is 0 Å². The van der Waals surface area contributed by atoms with E-state index in [-0.39, 0.29) is 29.4 Å². The number of anilines is 2. The first-order chi connectivity index (χ1) is 15.6. The molecule has 0 N–H and O–H groups in total. The number of nitrogens with zero attached hydrogens (tertiary/aromatic N) is 2. The molecule has 2 saturated heterocycles. The van der Waals surface area contributed by atoms with Gasteiger partial charge in [-0.2, -0.15) is 0 Å². The SMILES string of the molecule is Cc1ccc(N2C(=O)C3C(C2=O)C(C(=O)c2ccco2)N2c4ccccc4C=CC32)cc1. The third-order valence-corrected chi connectivity index (χ3v) is 6.74. The number of aryl methyl sites for hydroxylation is 1. The van der Waals surface area contributed by atoms with Gasteiger partial charge in [-0.3, -0.25) is 14.4 Å². The topological polar surface area (TPSA) is 70.8 Å². The number of hydrogen-bond acceptors (Lipinski definition) is 5. The van der Waals surface area contributed by atoms with Crippen molar-refractivity contribution >= 4 is 35.0 Å². The van der Waals surface area contributed by atoms with Gasteiger partial charge >= 0.3 is 0 Å². The average Bonchev–Trinajstić information content (AvgIpc) is 3.51. The summed E-state index contributed by atoms with van der Waals surface area (Å²) < 4.78 is 5.41.